The number of hydrogen-bond acceptors (Lipinski definition) is 7. The number of hydrogen-bond donors (Lipinski definition) is 3. The molecule has 0 fully saturated rings. The Morgan fingerprint density at radius 1 is 0.886 bits per heavy atom. The van der Waals surface area contributed by atoms with Gasteiger partial charge in [-0.25, -0.2) is 9.48 Å². The average Bonchev–Trinajstić information content (AvgIpc) is 3.44. The lowest BCUT2D eigenvalue weighted by atomic mass is 10.1. The fourth-order valence-electron chi connectivity index (χ4n) is 3.89. The van der Waals surface area contributed by atoms with Crippen molar-refractivity contribution in [2.24, 2.45) is 0 Å². The van der Waals surface area contributed by atoms with Crippen LogP contribution in [0.4, 0.5) is 24.5 Å². The van der Waals surface area contributed by atoms with Crippen LogP contribution in [0.25, 0.3) is 5.69 Å². The lowest BCUT2D eigenvalue weighted by Crippen LogP contribution is -2.21. The third-order valence-electron chi connectivity index (χ3n) is 5.85. The predicted molar refractivity (Wildman–Crippen MR) is 155 cm³/mol. The van der Waals surface area contributed by atoms with Crippen LogP contribution in [0.5, 0.6) is 17.2 Å². The Morgan fingerprint density at radius 3 is 2.09 bits per heavy atom. The zero-order chi connectivity index (χ0) is 32.4. The van der Waals surface area contributed by atoms with Crippen molar-refractivity contribution >= 4 is 29.2 Å². The maximum atomic E-state index is 13.0. The molecule has 0 bridgehead atoms. The van der Waals surface area contributed by atoms with Gasteiger partial charge in [0, 0.05) is 23.4 Å². The topological polar surface area (TPSA) is 141 Å². The Hall–Kier alpha value is -5.53. The zero-order valence-electron chi connectivity index (χ0n) is 24.1. The van der Waals surface area contributed by atoms with E-state index in [0.29, 0.717) is 39.9 Å². The van der Waals surface area contributed by atoms with Crippen molar-refractivity contribution < 1.29 is 46.9 Å². The molecule has 44 heavy (non-hydrogen) atoms. The minimum atomic E-state index is -5.08. The van der Waals surface area contributed by atoms with Gasteiger partial charge in [-0.2, -0.15) is 18.3 Å². The number of alkyl halides is 3. The SMILES string of the molecule is COc1cc(NC(=O)c2cccc(-n3cc(NC(=O)Cc4cccc(C)c4)cn3)c2)cc(OC)c1OC.O=C(O)C(F)(F)F. The van der Waals surface area contributed by atoms with E-state index in [1.807, 2.05) is 37.3 Å². The number of carboxylic acid groups (broad SMARTS) is 1. The highest BCUT2D eigenvalue weighted by Crippen LogP contribution is 2.40. The predicted octanol–water partition coefficient (Wildman–Crippen LogP) is 5.27. The summed E-state index contributed by atoms with van der Waals surface area (Å²) in [5, 5.41) is 17.2. The number of nitrogens with zero attached hydrogens (tertiary/aromatic N) is 2. The molecule has 4 aromatic rings. The molecule has 0 aliphatic rings. The van der Waals surface area contributed by atoms with E-state index in [2.05, 4.69) is 15.7 Å². The van der Waals surface area contributed by atoms with E-state index in [1.165, 1.54) is 21.3 Å². The van der Waals surface area contributed by atoms with Crippen molar-refractivity contribution in [1.29, 1.82) is 0 Å². The lowest BCUT2D eigenvalue weighted by molar-refractivity contribution is -0.192. The number of carbonyl (C=O) groups is 3. The second-order valence-electron chi connectivity index (χ2n) is 9.11. The molecule has 0 saturated carbocycles. The highest BCUT2D eigenvalue weighted by Gasteiger charge is 2.38. The smallest absolute Gasteiger partial charge is 0.490 e. The van der Waals surface area contributed by atoms with Crippen LogP contribution in [0, 0.1) is 6.92 Å². The Morgan fingerprint density at radius 2 is 1.52 bits per heavy atom. The molecule has 1 aromatic heterocycles. The fourth-order valence-corrected chi connectivity index (χ4v) is 3.89. The number of amides is 2. The van der Waals surface area contributed by atoms with Crippen LogP contribution in [-0.4, -0.2) is 60.2 Å². The molecule has 1 heterocycles. The molecule has 0 aliphatic carbocycles. The number of benzene rings is 3. The first-order valence-corrected chi connectivity index (χ1v) is 12.8. The normalized spacial score (nSPS) is 10.6. The van der Waals surface area contributed by atoms with Gasteiger partial charge < -0.3 is 30.0 Å². The summed E-state index contributed by atoms with van der Waals surface area (Å²) >= 11 is 0. The summed E-state index contributed by atoms with van der Waals surface area (Å²) in [6.45, 7) is 1.99. The van der Waals surface area contributed by atoms with Crippen LogP contribution < -0.4 is 24.8 Å². The molecule has 11 nitrogen and oxygen atoms in total. The zero-order valence-corrected chi connectivity index (χ0v) is 24.1. The van der Waals surface area contributed by atoms with Crippen molar-refractivity contribution in [3.05, 3.63) is 89.7 Å². The van der Waals surface area contributed by atoms with Crippen molar-refractivity contribution in [3.8, 4) is 22.9 Å². The number of aromatic nitrogens is 2. The van der Waals surface area contributed by atoms with Gasteiger partial charge >= 0.3 is 12.1 Å². The summed E-state index contributed by atoms with van der Waals surface area (Å²) in [6, 6.07) is 18.1. The van der Waals surface area contributed by atoms with Gasteiger partial charge in [-0.05, 0) is 30.7 Å². The van der Waals surface area contributed by atoms with E-state index in [4.69, 9.17) is 24.1 Å². The third-order valence-corrected chi connectivity index (χ3v) is 5.85. The Kier molecular flexibility index (Phi) is 10.9. The molecule has 3 aromatic carbocycles. The van der Waals surface area contributed by atoms with E-state index in [-0.39, 0.29) is 18.2 Å². The minimum Gasteiger partial charge on any atom is -0.493 e. The van der Waals surface area contributed by atoms with Gasteiger partial charge in [0.15, 0.2) is 11.5 Å². The van der Waals surface area contributed by atoms with Crippen molar-refractivity contribution in [2.45, 2.75) is 19.5 Å². The van der Waals surface area contributed by atoms with Gasteiger partial charge in [0.25, 0.3) is 5.91 Å². The second-order valence-corrected chi connectivity index (χ2v) is 9.11. The van der Waals surface area contributed by atoms with Gasteiger partial charge in [0.05, 0.1) is 51.5 Å². The number of ether oxygens (including phenoxy) is 3. The standard InChI is InChI=1S/C28H28N4O5.C2HF3O2/c1-18-7-5-8-19(11-18)12-26(33)30-22-16-29-32(17-22)23-10-6-9-20(13-23)28(34)31-21-14-24(35-2)27(37-4)25(15-21)36-3;3-2(4,5)1(6)7/h5-11,13-17H,12H2,1-4H3,(H,30,33)(H,31,34);(H,6,7). The van der Waals surface area contributed by atoms with Crippen LogP contribution in [0.2, 0.25) is 0 Å². The summed E-state index contributed by atoms with van der Waals surface area (Å²) < 4.78 is 49.4. The number of methoxy groups -OCH3 is 3. The number of halogens is 3. The van der Waals surface area contributed by atoms with E-state index >= 15 is 0 Å². The number of nitrogens with one attached hydrogen (secondary N) is 2. The number of carboxylic acids is 1. The monoisotopic (exact) mass is 614 g/mol. The van der Waals surface area contributed by atoms with Gasteiger partial charge in [-0.1, -0.05) is 35.9 Å². The molecule has 2 amide bonds. The molecule has 0 unspecified atom stereocenters. The van der Waals surface area contributed by atoms with Crippen molar-refractivity contribution in [3.63, 3.8) is 0 Å². The Labute approximate surface area is 250 Å². The quantitative estimate of drug-likeness (QED) is 0.232. The van der Waals surface area contributed by atoms with Crippen LogP contribution in [0.15, 0.2) is 73.1 Å². The Bertz CT molecular complexity index is 1610. The molecule has 0 radical (unpaired) electrons. The number of aryl methyl sites for hydroxylation is 1. The summed E-state index contributed by atoms with van der Waals surface area (Å²) in [5.74, 6) is -1.92. The largest absolute Gasteiger partial charge is 0.493 e. The minimum absolute atomic E-state index is 0.136. The Balaban J connectivity index is 0.000000676. The molecule has 0 spiro atoms. The van der Waals surface area contributed by atoms with Gasteiger partial charge in [0.2, 0.25) is 11.7 Å². The van der Waals surface area contributed by atoms with E-state index in [1.54, 1.807) is 47.4 Å². The van der Waals surface area contributed by atoms with Crippen LogP contribution in [-0.2, 0) is 16.0 Å². The molecule has 4 rings (SSSR count). The molecule has 0 saturated heterocycles. The summed E-state index contributed by atoms with van der Waals surface area (Å²) in [5.41, 5.74) is 4.18. The first-order valence-electron chi connectivity index (χ1n) is 12.8. The third kappa shape index (κ3) is 8.98. The first-order chi connectivity index (χ1) is 20.8. The number of rotatable bonds is 9. The summed E-state index contributed by atoms with van der Waals surface area (Å²) in [6.07, 6.45) is -1.55. The van der Waals surface area contributed by atoms with Crippen molar-refractivity contribution in [2.75, 3.05) is 32.0 Å². The molecular weight excluding hydrogens is 585 g/mol. The molecule has 0 atom stereocenters. The fraction of sp³-hybridized carbons (Fsp3) is 0.200. The average molecular weight is 615 g/mol. The van der Waals surface area contributed by atoms with Crippen LogP contribution in [0.3, 0.4) is 0 Å². The summed E-state index contributed by atoms with van der Waals surface area (Å²) in [4.78, 5) is 34.3. The molecule has 232 valence electrons. The van der Waals surface area contributed by atoms with Crippen LogP contribution in [0.1, 0.15) is 21.5 Å². The first kappa shape index (κ1) is 33.0. The summed E-state index contributed by atoms with van der Waals surface area (Å²) in [7, 11) is 4.53. The highest BCUT2D eigenvalue weighted by atomic mass is 19.4. The van der Waals surface area contributed by atoms with E-state index in [9.17, 15) is 22.8 Å². The van der Waals surface area contributed by atoms with Gasteiger partial charge in [-0.15, -0.1) is 0 Å². The maximum absolute atomic E-state index is 13.0. The molecular formula is C30H29F3N4O7. The maximum Gasteiger partial charge on any atom is 0.490 e. The van der Waals surface area contributed by atoms with Crippen LogP contribution >= 0.6 is 0 Å². The number of aliphatic carboxylic acids is 1. The highest BCUT2D eigenvalue weighted by molar-refractivity contribution is 6.05. The van der Waals surface area contributed by atoms with Crippen molar-refractivity contribution in [1.82, 2.24) is 9.78 Å². The second kappa shape index (κ2) is 14.6. The molecule has 3 N–H and O–H groups in total. The number of carbonyl (C=O) groups excluding carboxylic acids is 2. The van der Waals surface area contributed by atoms with E-state index in [0.717, 1.165) is 11.1 Å². The van der Waals surface area contributed by atoms with Gasteiger partial charge in [-0.3, -0.25) is 9.59 Å². The number of anilines is 2. The van der Waals surface area contributed by atoms with Gasteiger partial charge in [0.1, 0.15) is 0 Å². The molecule has 0 aliphatic heterocycles. The van der Waals surface area contributed by atoms with E-state index < -0.39 is 12.1 Å². The molecule has 14 heteroatoms. The lowest BCUT2D eigenvalue weighted by Gasteiger charge is -2.14.